The van der Waals surface area contributed by atoms with Crippen molar-refractivity contribution in [2.24, 2.45) is 10.7 Å². The minimum atomic E-state index is -4.64. The lowest BCUT2D eigenvalue weighted by molar-refractivity contribution is -0.168. The van der Waals surface area contributed by atoms with Crippen molar-refractivity contribution in [3.05, 3.63) is 29.8 Å². The largest absolute Gasteiger partial charge is 0.449 e. The number of hydrogen-bond acceptors (Lipinski definition) is 4. The third-order valence-electron chi connectivity index (χ3n) is 2.02. The molecule has 2 N–H and O–H groups in total. The highest BCUT2D eigenvalue weighted by atomic mass is 19.4. The first-order chi connectivity index (χ1) is 8.23. The molecule has 0 amide bonds. The maximum atomic E-state index is 11.1. The van der Waals surface area contributed by atoms with E-state index in [2.05, 4.69) is 4.99 Å². The summed E-state index contributed by atoms with van der Waals surface area (Å²) in [5, 5.41) is 0. The van der Waals surface area contributed by atoms with Gasteiger partial charge >= 0.3 is 6.18 Å². The van der Waals surface area contributed by atoms with Gasteiger partial charge in [0.25, 0.3) is 0 Å². The molecular weight excluding hydrogens is 249 g/mol. The van der Waals surface area contributed by atoms with Crippen LogP contribution >= 0.6 is 0 Å². The molecule has 7 heteroatoms. The summed E-state index contributed by atoms with van der Waals surface area (Å²) in [7, 11) is 0. The quantitative estimate of drug-likeness (QED) is 0.773. The van der Waals surface area contributed by atoms with Crippen LogP contribution in [-0.4, -0.2) is 23.6 Å². The van der Waals surface area contributed by atoms with E-state index in [-0.39, 0.29) is 11.6 Å². The van der Waals surface area contributed by atoms with E-state index < -0.39 is 12.0 Å². The van der Waals surface area contributed by atoms with Gasteiger partial charge in [-0.1, -0.05) is 12.1 Å². The van der Waals surface area contributed by atoms with Gasteiger partial charge in [-0.3, -0.25) is 9.59 Å². The van der Waals surface area contributed by atoms with Gasteiger partial charge in [-0.05, 0) is 12.1 Å². The van der Waals surface area contributed by atoms with E-state index in [0.717, 1.165) is 0 Å². The molecule has 1 aromatic carbocycles. The van der Waals surface area contributed by atoms with Crippen LogP contribution in [0.5, 0.6) is 0 Å². The van der Waals surface area contributed by atoms with Gasteiger partial charge in [0, 0.05) is 6.92 Å². The zero-order valence-corrected chi connectivity index (χ0v) is 9.28. The van der Waals surface area contributed by atoms with Crippen molar-refractivity contribution in [3.63, 3.8) is 0 Å². The number of hydrogen-bond donors (Lipinski definition) is 1. The average molecular weight is 258 g/mol. The average Bonchev–Trinajstić information content (AvgIpc) is 2.55. The van der Waals surface area contributed by atoms with Crippen LogP contribution in [0, 0.1) is 0 Å². The molecule has 0 bridgehead atoms. The van der Waals surface area contributed by atoms with Crippen LogP contribution in [0.15, 0.2) is 29.3 Å². The highest BCUT2D eigenvalue weighted by molar-refractivity contribution is 6.48. The van der Waals surface area contributed by atoms with Crippen LogP contribution < -0.4 is 5.73 Å². The van der Waals surface area contributed by atoms with Crippen molar-refractivity contribution < 1.29 is 22.8 Å². The molecule has 18 heavy (non-hydrogen) atoms. The van der Waals surface area contributed by atoms with Gasteiger partial charge in [0.2, 0.25) is 11.6 Å². The van der Waals surface area contributed by atoms with E-state index in [1.54, 1.807) is 18.2 Å². The molecule has 0 spiro atoms. The number of amidine groups is 1. The summed E-state index contributed by atoms with van der Waals surface area (Å²) in [5.41, 5.74) is 6.61. The highest BCUT2D eigenvalue weighted by Crippen LogP contribution is 2.24. The molecule has 1 aliphatic heterocycles. The van der Waals surface area contributed by atoms with Crippen molar-refractivity contribution in [1.82, 2.24) is 0 Å². The highest BCUT2D eigenvalue weighted by Gasteiger charge is 2.33. The number of fused-ring (bicyclic) bond motifs is 1. The van der Waals surface area contributed by atoms with Crippen LogP contribution in [0.2, 0.25) is 0 Å². The number of rotatable bonds is 0. The van der Waals surface area contributed by atoms with Crippen molar-refractivity contribution in [2.45, 2.75) is 13.1 Å². The molecule has 0 radical (unpaired) electrons. The molecule has 0 fully saturated rings. The smallest absolute Gasteiger partial charge is 0.380 e. The predicted octanol–water partition coefficient (Wildman–Crippen LogP) is 2.01. The fraction of sp³-hybridized carbons (Fsp3) is 0.182. The topological polar surface area (TPSA) is 72.5 Å². The Morgan fingerprint density at radius 3 is 2.22 bits per heavy atom. The number of nitrogens with zero attached hydrogens (tertiary/aromatic N) is 1. The SMILES string of the molecule is CC(=O)C(F)(F)F.NC1=Nc2ccccc2C1=O. The third kappa shape index (κ3) is 3.16. The molecule has 1 aliphatic rings. The summed E-state index contributed by atoms with van der Waals surface area (Å²) in [6.07, 6.45) is -4.64. The summed E-state index contributed by atoms with van der Waals surface area (Å²) in [4.78, 5) is 24.4. The van der Waals surface area contributed by atoms with E-state index in [4.69, 9.17) is 5.73 Å². The molecule has 0 atom stereocenters. The minimum absolute atomic E-state index is 0.0891. The molecule has 1 aromatic rings. The first kappa shape index (κ1) is 13.9. The minimum Gasteiger partial charge on any atom is -0.380 e. The first-order valence-electron chi connectivity index (χ1n) is 4.79. The van der Waals surface area contributed by atoms with E-state index in [1.165, 1.54) is 0 Å². The van der Waals surface area contributed by atoms with Crippen LogP contribution in [0.25, 0.3) is 0 Å². The van der Waals surface area contributed by atoms with E-state index in [0.29, 0.717) is 18.2 Å². The number of para-hydroxylation sites is 1. The zero-order valence-electron chi connectivity index (χ0n) is 9.28. The second kappa shape index (κ2) is 4.99. The number of halogens is 3. The summed E-state index contributed by atoms with van der Waals surface area (Å²) >= 11 is 0. The summed E-state index contributed by atoms with van der Waals surface area (Å²) < 4.78 is 32.5. The molecule has 2 rings (SSSR count). The molecule has 0 saturated carbocycles. The maximum Gasteiger partial charge on any atom is 0.449 e. The lowest BCUT2D eigenvalue weighted by Gasteiger charge is -1.95. The van der Waals surface area contributed by atoms with Gasteiger partial charge in [0.15, 0.2) is 5.84 Å². The Labute approximate surface area is 100 Å². The number of benzene rings is 1. The number of Topliss-reactive ketones (excluding diaryl/α,β-unsaturated/α-hetero) is 2. The second-order valence-corrected chi connectivity index (χ2v) is 3.40. The fourth-order valence-electron chi connectivity index (χ4n) is 1.08. The van der Waals surface area contributed by atoms with Crippen molar-refractivity contribution in [1.29, 1.82) is 0 Å². The van der Waals surface area contributed by atoms with E-state index >= 15 is 0 Å². The molecule has 0 saturated heterocycles. The Kier molecular flexibility index (Phi) is 3.85. The number of nitrogens with two attached hydrogens (primary N) is 1. The standard InChI is InChI=1S/C8H6N2O.C3H3F3O/c9-8-7(11)5-3-1-2-4-6(5)10-8;1-2(7)3(4,5)6/h1-4H,(H2,9,10,11);1H3. The van der Waals surface area contributed by atoms with Crippen molar-refractivity contribution in [2.75, 3.05) is 0 Å². The fourth-order valence-corrected chi connectivity index (χ4v) is 1.08. The van der Waals surface area contributed by atoms with E-state index in [9.17, 15) is 22.8 Å². The molecule has 96 valence electrons. The second-order valence-electron chi connectivity index (χ2n) is 3.40. The maximum absolute atomic E-state index is 11.1. The lowest BCUT2D eigenvalue weighted by atomic mass is 10.1. The summed E-state index contributed by atoms with van der Waals surface area (Å²) in [6.45, 7) is 0.486. The number of carbonyl (C=O) groups excluding carboxylic acids is 2. The van der Waals surface area contributed by atoms with E-state index in [1.807, 2.05) is 6.07 Å². The van der Waals surface area contributed by atoms with Gasteiger partial charge in [0.05, 0.1) is 11.3 Å². The van der Waals surface area contributed by atoms with Crippen molar-refractivity contribution >= 4 is 23.1 Å². The predicted molar refractivity (Wildman–Crippen MR) is 58.8 cm³/mol. The molecule has 1 heterocycles. The molecule has 0 unspecified atom stereocenters. The van der Waals surface area contributed by atoms with Gasteiger partial charge in [-0.25, -0.2) is 4.99 Å². The van der Waals surface area contributed by atoms with Gasteiger partial charge in [0.1, 0.15) is 0 Å². The number of carbonyl (C=O) groups is 2. The number of alkyl halides is 3. The van der Waals surface area contributed by atoms with Gasteiger partial charge in [-0.15, -0.1) is 0 Å². The Hall–Kier alpha value is -2.18. The number of ketones is 2. The van der Waals surface area contributed by atoms with Crippen LogP contribution in [0.4, 0.5) is 18.9 Å². The number of aliphatic imine (C=N–C) groups is 1. The first-order valence-corrected chi connectivity index (χ1v) is 4.79. The molecule has 0 aliphatic carbocycles. The van der Waals surface area contributed by atoms with Gasteiger partial charge < -0.3 is 5.73 Å². The van der Waals surface area contributed by atoms with Crippen LogP contribution in [-0.2, 0) is 4.79 Å². The Morgan fingerprint density at radius 2 is 1.78 bits per heavy atom. The normalized spacial score (nSPS) is 13.3. The Balaban J connectivity index is 0.000000203. The molecular formula is C11H9F3N2O2. The Bertz CT molecular complexity index is 521. The summed E-state index contributed by atoms with van der Waals surface area (Å²) in [5.74, 6) is -1.83. The molecule has 0 aromatic heterocycles. The third-order valence-corrected chi connectivity index (χ3v) is 2.02. The van der Waals surface area contributed by atoms with Gasteiger partial charge in [-0.2, -0.15) is 13.2 Å². The lowest BCUT2D eigenvalue weighted by Crippen LogP contribution is -2.19. The van der Waals surface area contributed by atoms with Crippen LogP contribution in [0.3, 0.4) is 0 Å². The van der Waals surface area contributed by atoms with Crippen LogP contribution in [0.1, 0.15) is 17.3 Å². The van der Waals surface area contributed by atoms with Crippen molar-refractivity contribution in [3.8, 4) is 0 Å². The zero-order chi connectivity index (χ0) is 13.9. The molecule has 4 nitrogen and oxygen atoms in total. The Morgan fingerprint density at radius 1 is 1.28 bits per heavy atom. The summed E-state index contributed by atoms with van der Waals surface area (Å²) in [6, 6.07) is 7.12. The monoisotopic (exact) mass is 258 g/mol.